The molecule has 1 aromatic rings. The van der Waals surface area contributed by atoms with Gasteiger partial charge in [-0.2, -0.15) is 0 Å². The van der Waals surface area contributed by atoms with Crippen molar-refractivity contribution in [2.75, 3.05) is 59.7 Å². The smallest absolute Gasteiger partial charge is 0.248 e. The van der Waals surface area contributed by atoms with Crippen molar-refractivity contribution in [2.45, 2.75) is 25.5 Å². The molecular formula is C20H29N3O4. The lowest BCUT2D eigenvalue weighted by molar-refractivity contribution is -0.140. The molecule has 0 saturated carbocycles. The molecule has 0 bridgehead atoms. The van der Waals surface area contributed by atoms with Crippen LogP contribution in [-0.4, -0.2) is 86.4 Å². The van der Waals surface area contributed by atoms with Crippen LogP contribution in [0.3, 0.4) is 0 Å². The number of fused-ring (bicyclic) bond motifs is 1. The van der Waals surface area contributed by atoms with Crippen molar-refractivity contribution in [1.29, 1.82) is 0 Å². The van der Waals surface area contributed by atoms with E-state index in [-0.39, 0.29) is 18.6 Å². The SMILES string of the molecule is CN1CCC(OCC(=O)N2CCN(Cc3ccc4c(c3)OCO4)CC2)CC1. The summed E-state index contributed by atoms with van der Waals surface area (Å²) in [5, 5.41) is 0. The van der Waals surface area contributed by atoms with Crippen LogP contribution < -0.4 is 9.47 Å². The van der Waals surface area contributed by atoms with Crippen molar-refractivity contribution in [3.8, 4) is 11.5 Å². The summed E-state index contributed by atoms with van der Waals surface area (Å²) in [5.41, 5.74) is 1.21. The second-order valence-electron chi connectivity index (χ2n) is 7.66. The Balaban J connectivity index is 1.19. The summed E-state index contributed by atoms with van der Waals surface area (Å²) in [5.74, 6) is 1.77. The van der Waals surface area contributed by atoms with E-state index in [1.807, 2.05) is 11.0 Å². The number of piperidine rings is 1. The Kier molecular flexibility index (Phi) is 5.80. The third-order valence-electron chi connectivity index (χ3n) is 5.68. The Labute approximate surface area is 160 Å². The summed E-state index contributed by atoms with van der Waals surface area (Å²) in [7, 11) is 2.13. The number of rotatable bonds is 5. The summed E-state index contributed by atoms with van der Waals surface area (Å²) in [6.07, 6.45) is 2.28. The second kappa shape index (κ2) is 8.46. The average Bonchev–Trinajstić information content (AvgIpc) is 3.16. The number of piperazine rings is 1. The number of ether oxygens (including phenoxy) is 3. The van der Waals surface area contributed by atoms with Gasteiger partial charge in [-0.1, -0.05) is 6.07 Å². The normalized spacial score (nSPS) is 21.6. The Morgan fingerprint density at radius 2 is 1.81 bits per heavy atom. The maximum absolute atomic E-state index is 12.4. The molecule has 7 heteroatoms. The van der Waals surface area contributed by atoms with E-state index < -0.39 is 0 Å². The first-order valence-electron chi connectivity index (χ1n) is 9.86. The maximum atomic E-state index is 12.4. The number of hydrogen-bond donors (Lipinski definition) is 0. The van der Waals surface area contributed by atoms with Gasteiger partial charge in [-0.3, -0.25) is 9.69 Å². The van der Waals surface area contributed by atoms with E-state index >= 15 is 0 Å². The predicted octanol–water partition coefficient (Wildman–Crippen LogP) is 1.17. The summed E-state index contributed by atoms with van der Waals surface area (Å²) in [6, 6.07) is 6.10. The van der Waals surface area contributed by atoms with Gasteiger partial charge in [0.1, 0.15) is 6.61 Å². The minimum Gasteiger partial charge on any atom is -0.454 e. The quantitative estimate of drug-likeness (QED) is 0.770. The second-order valence-corrected chi connectivity index (χ2v) is 7.66. The number of carbonyl (C=O) groups excluding carboxylic acids is 1. The highest BCUT2D eigenvalue weighted by Gasteiger charge is 2.24. The van der Waals surface area contributed by atoms with E-state index in [1.54, 1.807) is 0 Å². The summed E-state index contributed by atoms with van der Waals surface area (Å²) in [4.78, 5) is 19.1. The lowest BCUT2D eigenvalue weighted by atomic mass is 10.1. The first kappa shape index (κ1) is 18.5. The van der Waals surface area contributed by atoms with E-state index in [0.29, 0.717) is 6.79 Å². The Morgan fingerprint density at radius 1 is 1.07 bits per heavy atom. The Morgan fingerprint density at radius 3 is 2.59 bits per heavy atom. The molecule has 27 heavy (non-hydrogen) atoms. The zero-order valence-corrected chi connectivity index (χ0v) is 16.1. The van der Waals surface area contributed by atoms with E-state index in [9.17, 15) is 4.79 Å². The molecule has 0 N–H and O–H groups in total. The van der Waals surface area contributed by atoms with Gasteiger partial charge in [0.15, 0.2) is 11.5 Å². The molecule has 4 rings (SSSR count). The number of hydrogen-bond acceptors (Lipinski definition) is 6. The zero-order valence-electron chi connectivity index (χ0n) is 16.1. The molecule has 0 aromatic heterocycles. The van der Waals surface area contributed by atoms with Crippen molar-refractivity contribution >= 4 is 5.91 Å². The van der Waals surface area contributed by atoms with Gasteiger partial charge in [0.2, 0.25) is 12.7 Å². The van der Waals surface area contributed by atoms with Gasteiger partial charge in [0.25, 0.3) is 0 Å². The minimum atomic E-state index is 0.122. The number of likely N-dealkylation sites (tertiary alicyclic amines) is 1. The highest BCUT2D eigenvalue weighted by atomic mass is 16.7. The van der Waals surface area contributed by atoms with Crippen LogP contribution in [0, 0.1) is 0 Å². The Bertz CT molecular complexity index is 653. The van der Waals surface area contributed by atoms with Crippen molar-refractivity contribution in [3.63, 3.8) is 0 Å². The Hall–Kier alpha value is -1.83. The van der Waals surface area contributed by atoms with Crippen LogP contribution in [0.25, 0.3) is 0 Å². The van der Waals surface area contributed by atoms with Crippen LogP contribution in [0.15, 0.2) is 18.2 Å². The molecule has 1 aromatic carbocycles. The third kappa shape index (κ3) is 4.72. The lowest BCUT2D eigenvalue weighted by Crippen LogP contribution is -2.49. The fourth-order valence-electron chi connectivity index (χ4n) is 3.88. The van der Waals surface area contributed by atoms with Crippen LogP contribution in [0.1, 0.15) is 18.4 Å². The number of carbonyl (C=O) groups is 1. The van der Waals surface area contributed by atoms with Gasteiger partial charge >= 0.3 is 0 Å². The standard InChI is InChI=1S/C20H29N3O4/c1-21-6-4-17(5-7-21)25-14-20(24)23-10-8-22(9-11-23)13-16-2-3-18-19(12-16)27-15-26-18/h2-3,12,17H,4-11,13-15H2,1H3. The fraction of sp³-hybridized carbons (Fsp3) is 0.650. The van der Waals surface area contributed by atoms with Gasteiger partial charge in [-0.05, 0) is 37.6 Å². The maximum Gasteiger partial charge on any atom is 0.248 e. The molecular weight excluding hydrogens is 346 g/mol. The molecule has 0 spiro atoms. The topological polar surface area (TPSA) is 54.5 Å². The van der Waals surface area contributed by atoms with E-state index in [4.69, 9.17) is 14.2 Å². The zero-order chi connectivity index (χ0) is 18.6. The summed E-state index contributed by atoms with van der Waals surface area (Å²) >= 11 is 0. The molecule has 3 heterocycles. The van der Waals surface area contributed by atoms with Crippen molar-refractivity contribution in [2.24, 2.45) is 0 Å². The van der Waals surface area contributed by atoms with Gasteiger partial charge in [-0.15, -0.1) is 0 Å². The highest BCUT2D eigenvalue weighted by molar-refractivity contribution is 5.77. The molecule has 2 saturated heterocycles. The van der Waals surface area contributed by atoms with Crippen molar-refractivity contribution < 1.29 is 19.0 Å². The van der Waals surface area contributed by atoms with Crippen LogP contribution in [-0.2, 0) is 16.1 Å². The van der Waals surface area contributed by atoms with Gasteiger partial charge < -0.3 is 24.0 Å². The van der Waals surface area contributed by atoms with E-state index in [2.05, 4.69) is 29.0 Å². The van der Waals surface area contributed by atoms with E-state index in [1.165, 1.54) is 5.56 Å². The van der Waals surface area contributed by atoms with Gasteiger partial charge in [0.05, 0.1) is 6.10 Å². The predicted molar refractivity (Wildman–Crippen MR) is 101 cm³/mol. The van der Waals surface area contributed by atoms with Crippen LogP contribution in [0.4, 0.5) is 0 Å². The largest absolute Gasteiger partial charge is 0.454 e. The molecule has 7 nitrogen and oxygen atoms in total. The minimum absolute atomic E-state index is 0.122. The summed E-state index contributed by atoms with van der Waals surface area (Å²) in [6.45, 7) is 6.79. The van der Waals surface area contributed by atoms with Crippen molar-refractivity contribution in [1.82, 2.24) is 14.7 Å². The fourth-order valence-corrected chi connectivity index (χ4v) is 3.88. The molecule has 0 atom stereocenters. The van der Waals surface area contributed by atoms with Gasteiger partial charge in [0, 0.05) is 45.8 Å². The molecule has 0 aliphatic carbocycles. The molecule has 3 aliphatic rings. The number of amides is 1. The third-order valence-corrected chi connectivity index (χ3v) is 5.68. The van der Waals surface area contributed by atoms with Crippen LogP contribution in [0.2, 0.25) is 0 Å². The molecule has 148 valence electrons. The molecule has 0 radical (unpaired) electrons. The number of nitrogens with zero attached hydrogens (tertiary/aromatic N) is 3. The van der Waals surface area contributed by atoms with Crippen LogP contribution >= 0.6 is 0 Å². The van der Waals surface area contributed by atoms with Crippen molar-refractivity contribution in [3.05, 3.63) is 23.8 Å². The highest BCUT2D eigenvalue weighted by Crippen LogP contribution is 2.32. The van der Waals surface area contributed by atoms with Crippen LogP contribution in [0.5, 0.6) is 11.5 Å². The molecule has 0 unspecified atom stereocenters. The average molecular weight is 375 g/mol. The number of benzene rings is 1. The first-order valence-corrected chi connectivity index (χ1v) is 9.86. The lowest BCUT2D eigenvalue weighted by Gasteiger charge is -2.35. The molecule has 2 fully saturated rings. The monoisotopic (exact) mass is 375 g/mol. The molecule has 1 amide bonds. The molecule has 3 aliphatic heterocycles. The van der Waals surface area contributed by atoms with E-state index in [0.717, 1.165) is 70.2 Å². The summed E-state index contributed by atoms with van der Waals surface area (Å²) < 4.78 is 16.7. The van der Waals surface area contributed by atoms with Gasteiger partial charge in [-0.25, -0.2) is 0 Å². The first-order chi connectivity index (χ1) is 13.2.